The molecular formula is C20H29NO7S2. The van der Waals surface area contributed by atoms with Crippen molar-refractivity contribution in [3.05, 3.63) is 24.3 Å². The van der Waals surface area contributed by atoms with E-state index in [9.17, 15) is 25.2 Å². The van der Waals surface area contributed by atoms with Crippen LogP contribution < -0.4 is 10.1 Å². The van der Waals surface area contributed by atoms with Gasteiger partial charge in [-0.15, -0.1) is 0 Å². The number of amides is 1. The molecule has 1 unspecified atom stereocenters. The number of unbranched alkanes of at least 4 members (excludes halogenated alkanes) is 1. The highest BCUT2D eigenvalue weighted by molar-refractivity contribution is 8.77. The van der Waals surface area contributed by atoms with Gasteiger partial charge in [-0.2, -0.15) is 0 Å². The molecule has 8 nitrogen and oxygen atoms in total. The van der Waals surface area contributed by atoms with Gasteiger partial charge in [0.05, 0.1) is 6.61 Å². The van der Waals surface area contributed by atoms with Gasteiger partial charge >= 0.3 is 0 Å². The first-order valence-corrected chi connectivity index (χ1v) is 12.5. The van der Waals surface area contributed by atoms with Gasteiger partial charge in [-0.1, -0.05) is 28.0 Å². The Balaban J connectivity index is 1.42. The average Bonchev–Trinajstić information content (AvgIpc) is 3.26. The van der Waals surface area contributed by atoms with Gasteiger partial charge in [0.2, 0.25) is 12.2 Å². The van der Waals surface area contributed by atoms with E-state index < -0.39 is 37.3 Å². The third-order valence-electron chi connectivity index (χ3n) is 5.15. The van der Waals surface area contributed by atoms with Crippen LogP contribution in [-0.4, -0.2) is 74.6 Å². The monoisotopic (exact) mass is 459 g/mol. The number of carbonyl (C=O) groups excluding carboxylic acids is 1. The second-order valence-electron chi connectivity index (χ2n) is 7.46. The van der Waals surface area contributed by atoms with E-state index in [-0.39, 0.29) is 5.91 Å². The van der Waals surface area contributed by atoms with Gasteiger partial charge in [-0.05, 0) is 43.5 Å². The molecule has 1 aromatic rings. The highest BCUT2D eigenvalue weighted by Crippen LogP contribution is 2.39. The topological polar surface area (TPSA) is 128 Å². The van der Waals surface area contributed by atoms with Crippen LogP contribution in [0.25, 0.3) is 0 Å². The summed E-state index contributed by atoms with van der Waals surface area (Å²) in [6.07, 6.45) is -1.84. The number of rotatable bonds is 9. The number of aliphatic hydroxyl groups is 4. The number of hydrogen-bond donors (Lipinski definition) is 5. The number of anilines is 1. The minimum Gasteiger partial charge on any atom is -0.462 e. The molecule has 168 valence electrons. The molecule has 2 saturated heterocycles. The van der Waals surface area contributed by atoms with E-state index in [0.29, 0.717) is 17.9 Å². The molecule has 2 fully saturated rings. The maximum absolute atomic E-state index is 12.1. The molecule has 0 bridgehead atoms. The largest absolute Gasteiger partial charge is 0.462 e. The summed E-state index contributed by atoms with van der Waals surface area (Å²) < 4.78 is 10.9. The first-order valence-electron chi connectivity index (χ1n) is 10.1. The van der Waals surface area contributed by atoms with E-state index >= 15 is 0 Å². The first kappa shape index (κ1) is 23.6. The Morgan fingerprint density at radius 1 is 1.13 bits per heavy atom. The highest BCUT2D eigenvalue weighted by Gasteiger charge is 2.44. The SMILES string of the molecule is O=C(CCCCC1CCSS1)Nc1ccc(O[C@@H]2O[C@H](CO)[C@H](O)[C@H](O)[C@H]2O)cc1. The number of ether oxygens (including phenoxy) is 2. The zero-order chi connectivity index (χ0) is 21.5. The second kappa shape index (κ2) is 11.6. The van der Waals surface area contributed by atoms with Crippen molar-refractivity contribution in [1.82, 2.24) is 0 Å². The molecule has 30 heavy (non-hydrogen) atoms. The van der Waals surface area contributed by atoms with Crippen LogP contribution in [0.15, 0.2) is 24.3 Å². The number of carbonyl (C=O) groups is 1. The van der Waals surface area contributed by atoms with Gasteiger partial charge in [0.1, 0.15) is 30.2 Å². The smallest absolute Gasteiger partial charge is 0.229 e. The number of benzene rings is 1. The van der Waals surface area contributed by atoms with Crippen molar-refractivity contribution in [2.45, 2.75) is 68.1 Å². The number of hydrogen-bond acceptors (Lipinski definition) is 9. The molecule has 0 radical (unpaired) electrons. The highest BCUT2D eigenvalue weighted by atomic mass is 33.1. The lowest BCUT2D eigenvalue weighted by atomic mass is 9.99. The molecule has 6 atom stereocenters. The van der Waals surface area contributed by atoms with E-state index in [4.69, 9.17) is 9.47 Å². The Kier molecular flexibility index (Phi) is 9.12. The fourth-order valence-electron chi connectivity index (χ4n) is 3.36. The van der Waals surface area contributed by atoms with E-state index in [1.807, 2.05) is 21.6 Å². The summed E-state index contributed by atoms with van der Waals surface area (Å²) in [5.41, 5.74) is 0.629. The molecule has 5 N–H and O–H groups in total. The molecule has 1 amide bonds. The fourth-order valence-corrected chi connectivity index (χ4v) is 6.39. The second-order valence-corrected chi connectivity index (χ2v) is 10.2. The van der Waals surface area contributed by atoms with E-state index in [0.717, 1.165) is 24.5 Å². The molecular weight excluding hydrogens is 430 g/mol. The maximum atomic E-state index is 12.1. The van der Waals surface area contributed by atoms with Crippen LogP contribution in [0.1, 0.15) is 32.1 Å². The Morgan fingerprint density at radius 2 is 1.90 bits per heavy atom. The summed E-state index contributed by atoms with van der Waals surface area (Å²) in [6, 6.07) is 6.55. The van der Waals surface area contributed by atoms with E-state index in [2.05, 4.69) is 5.32 Å². The predicted octanol–water partition coefficient (Wildman–Crippen LogP) is 1.52. The quantitative estimate of drug-likeness (QED) is 0.276. The van der Waals surface area contributed by atoms with Gasteiger partial charge in [-0.3, -0.25) is 4.79 Å². The van der Waals surface area contributed by atoms with Crippen LogP contribution in [0.5, 0.6) is 5.75 Å². The Morgan fingerprint density at radius 3 is 2.57 bits per heavy atom. The van der Waals surface area contributed by atoms with Gasteiger partial charge in [0.15, 0.2) is 0 Å². The van der Waals surface area contributed by atoms with Crippen molar-refractivity contribution in [1.29, 1.82) is 0 Å². The van der Waals surface area contributed by atoms with Crippen LogP contribution in [0, 0.1) is 0 Å². The van der Waals surface area contributed by atoms with Crippen LogP contribution in [-0.2, 0) is 9.53 Å². The third kappa shape index (κ3) is 6.49. The predicted molar refractivity (Wildman–Crippen MR) is 116 cm³/mol. The Bertz CT molecular complexity index is 670. The molecule has 2 aliphatic heterocycles. The van der Waals surface area contributed by atoms with Crippen molar-refractivity contribution < 1.29 is 34.7 Å². The molecule has 10 heteroatoms. The lowest BCUT2D eigenvalue weighted by Gasteiger charge is -2.39. The summed E-state index contributed by atoms with van der Waals surface area (Å²) >= 11 is 0. The average molecular weight is 460 g/mol. The summed E-state index contributed by atoms with van der Waals surface area (Å²) in [6.45, 7) is -0.520. The summed E-state index contributed by atoms with van der Waals surface area (Å²) in [7, 11) is 3.89. The lowest BCUT2D eigenvalue weighted by molar-refractivity contribution is -0.277. The van der Waals surface area contributed by atoms with Gasteiger partial charge < -0.3 is 35.2 Å². The number of nitrogens with one attached hydrogen (secondary N) is 1. The van der Waals surface area contributed by atoms with Crippen LogP contribution in [0.2, 0.25) is 0 Å². The van der Waals surface area contributed by atoms with E-state index in [1.165, 1.54) is 12.2 Å². The molecule has 2 heterocycles. The Labute approximate surface area is 183 Å². The van der Waals surface area contributed by atoms with Crippen LogP contribution >= 0.6 is 21.6 Å². The van der Waals surface area contributed by atoms with Crippen molar-refractivity contribution in [3.8, 4) is 5.75 Å². The van der Waals surface area contributed by atoms with Crippen molar-refractivity contribution in [3.63, 3.8) is 0 Å². The maximum Gasteiger partial charge on any atom is 0.229 e. The molecule has 2 aliphatic rings. The van der Waals surface area contributed by atoms with Gasteiger partial charge in [0, 0.05) is 23.1 Å². The first-order chi connectivity index (χ1) is 14.5. The van der Waals surface area contributed by atoms with Crippen molar-refractivity contribution in [2.24, 2.45) is 0 Å². The molecule has 0 saturated carbocycles. The summed E-state index contributed by atoms with van der Waals surface area (Å²) in [5.74, 6) is 1.54. The van der Waals surface area contributed by atoms with Crippen LogP contribution in [0.3, 0.4) is 0 Å². The third-order valence-corrected chi connectivity index (χ3v) is 8.15. The lowest BCUT2D eigenvalue weighted by Crippen LogP contribution is -2.60. The van der Waals surface area contributed by atoms with Crippen molar-refractivity contribution in [2.75, 3.05) is 17.7 Å². The zero-order valence-electron chi connectivity index (χ0n) is 16.6. The van der Waals surface area contributed by atoms with E-state index in [1.54, 1.807) is 24.3 Å². The molecule has 1 aromatic carbocycles. The zero-order valence-corrected chi connectivity index (χ0v) is 18.2. The number of aliphatic hydroxyl groups excluding tert-OH is 4. The molecule has 3 rings (SSSR count). The Hall–Kier alpha value is -1.01. The van der Waals surface area contributed by atoms with Crippen molar-refractivity contribution >= 4 is 33.2 Å². The summed E-state index contributed by atoms with van der Waals surface area (Å²) in [4.78, 5) is 12.1. The fraction of sp³-hybridized carbons (Fsp3) is 0.650. The molecule has 0 spiro atoms. The van der Waals surface area contributed by atoms with Crippen LogP contribution in [0.4, 0.5) is 5.69 Å². The van der Waals surface area contributed by atoms with Gasteiger partial charge in [0.25, 0.3) is 0 Å². The minimum absolute atomic E-state index is 0.0361. The molecule has 0 aliphatic carbocycles. The standard InChI is InChI=1S/C20H29NO7S2/c22-11-15-17(24)18(25)19(26)20(28-15)27-13-7-5-12(6-8-13)21-16(23)4-2-1-3-14-9-10-29-30-14/h5-8,14-15,17-20,22,24-26H,1-4,9-11H2,(H,21,23)/t14?,15-,17+,18+,19-,20-/m1/s1. The summed E-state index contributed by atoms with van der Waals surface area (Å²) in [5, 5.41) is 42.5. The molecule has 0 aromatic heterocycles. The minimum atomic E-state index is -1.49. The normalized spacial score (nSPS) is 31.5. The van der Waals surface area contributed by atoms with Gasteiger partial charge in [-0.25, -0.2) is 0 Å².